The van der Waals surface area contributed by atoms with Gasteiger partial charge in [0.05, 0.1) is 23.4 Å². The fourth-order valence-corrected chi connectivity index (χ4v) is 5.75. The third kappa shape index (κ3) is 2.94. The number of fused-ring (bicyclic) bond motifs is 1. The summed E-state index contributed by atoms with van der Waals surface area (Å²) in [5, 5.41) is 24.1. The van der Waals surface area contributed by atoms with Gasteiger partial charge in [0.15, 0.2) is 0 Å². The molecule has 2 saturated carbocycles. The van der Waals surface area contributed by atoms with E-state index in [-0.39, 0.29) is 10.8 Å². The first kappa shape index (κ1) is 18.8. The summed E-state index contributed by atoms with van der Waals surface area (Å²) in [5.41, 5.74) is 0.410. The summed E-state index contributed by atoms with van der Waals surface area (Å²) in [4.78, 5) is 24.4. The number of nitrogens with zero attached hydrogens (tertiary/aromatic N) is 1. The molecule has 0 radical (unpaired) electrons. The van der Waals surface area contributed by atoms with E-state index in [2.05, 4.69) is 0 Å². The molecule has 5 nitrogen and oxygen atoms in total. The molecule has 2 aromatic rings. The van der Waals surface area contributed by atoms with Crippen molar-refractivity contribution in [3.05, 3.63) is 81.9 Å². The molecule has 4 rings (SSSR count). The molecule has 0 unspecified atom stereocenters. The maximum absolute atomic E-state index is 12.4. The van der Waals surface area contributed by atoms with Crippen molar-refractivity contribution in [3.8, 4) is 0 Å². The van der Waals surface area contributed by atoms with Crippen molar-refractivity contribution in [3.63, 3.8) is 0 Å². The van der Waals surface area contributed by atoms with Crippen molar-refractivity contribution in [2.24, 2.45) is 11.8 Å². The maximum atomic E-state index is 12.4. The molecule has 28 heavy (non-hydrogen) atoms. The van der Waals surface area contributed by atoms with Crippen molar-refractivity contribution in [1.29, 1.82) is 0 Å². The molecule has 0 amide bonds. The topological polar surface area (TPSA) is 80.4 Å². The Morgan fingerprint density at radius 3 is 2.07 bits per heavy atom. The third-order valence-corrected chi connectivity index (χ3v) is 6.88. The standard InChI is InChI=1S/C23H25NO4/c25-15-19-21(17-11-5-2-6-12-17)22(24(27)28)20(16-9-3-1-4-10-16)18-13-7-8-14-23(18,19)26/h1-6,9-12,15,18-22,26H,7-8,13-14H2/t18-,19+,20-,21+,22-,23-/m0/s1. The Morgan fingerprint density at radius 2 is 1.54 bits per heavy atom. The van der Waals surface area contributed by atoms with Crippen LogP contribution in [0.3, 0.4) is 0 Å². The van der Waals surface area contributed by atoms with Gasteiger partial charge in [0, 0.05) is 10.8 Å². The molecule has 1 N–H and O–H groups in total. The second-order valence-electron chi connectivity index (χ2n) is 8.15. The Labute approximate surface area is 164 Å². The molecule has 0 saturated heterocycles. The van der Waals surface area contributed by atoms with E-state index < -0.39 is 29.4 Å². The van der Waals surface area contributed by atoms with Gasteiger partial charge in [-0.2, -0.15) is 0 Å². The minimum atomic E-state index is -1.21. The quantitative estimate of drug-likeness (QED) is 0.495. The molecular weight excluding hydrogens is 354 g/mol. The van der Waals surface area contributed by atoms with Gasteiger partial charge in [0.2, 0.25) is 6.04 Å². The molecule has 2 aromatic carbocycles. The van der Waals surface area contributed by atoms with Crippen molar-refractivity contribution in [2.45, 2.75) is 49.2 Å². The Kier molecular flexibility index (Phi) is 5.02. The largest absolute Gasteiger partial charge is 0.389 e. The van der Waals surface area contributed by atoms with E-state index in [1.54, 1.807) is 0 Å². The first-order chi connectivity index (χ1) is 13.6. The molecule has 0 bridgehead atoms. The zero-order valence-electron chi connectivity index (χ0n) is 15.7. The van der Waals surface area contributed by atoms with Crippen molar-refractivity contribution >= 4 is 6.29 Å². The summed E-state index contributed by atoms with van der Waals surface area (Å²) >= 11 is 0. The number of nitro groups is 1. The van der Waals surface area contributed by atoms with Crippen LogP contribution in [0.25, 0.3) is 0 Å². The van der Waals surface area contributed by atoms with Crippen LogP contribution in [0.4, 0.5) is 0 Å². The summed E-state index contributed by atoms with van der Waals surface area (Å²) in [6.07, 6.45) is 3.74. The van der Waals surface area contributed by atoms with Gasteiger partial charge in [0.1, 0.15) is 6.29 Å². The van der Waals surface area contributed by atoms with Crippen LogP contribution in [0.5, 0.6) is 0 Å². The van der Waals surface area contributed by atoms with Gasteiger partial charge in [-0.3, -0.25) is 10.1 Å². The third-order valence-electron chi connectivity index (χ3n) is 6.88. The van der Waals surface area contributed by atoms with Gasteiger partial charge in [-0.25, -0.2) is 0 Å². The molecule has 2 aliphatic rings. The molecule has 6 atom stereocenters. The number of hydrogen-bond acceptors (Lipinski definition) is 4. The highest BCUT2D eigenvalue weighted by Gasteiger charge is 2.63. The summed E-state index contributed by atoms with van der Waals surface area (Å²) in [5.74, 6) is -2.16. The van der Waals surface area contributed by atoms with Gasteiger partial charge in [-0.05, 0) is 24.0 Å². The van der Waals surface area contributed by atoms with Gasteiger partial charge in [-0.1, -0.05) is 73.5 Å². The highest BCUT2D eigenvalue weighted by atomic mass is 16.6. The van der Waals surface area contributed by atoms with Crippen LogP contribution in [0.2, 0.25) is 0 Å². The summed E-state index contributed by atoms with van der Waals surface area (Å²) < 4.78 is 0. The van der Waals surface area contributed by atoms with Crippen molar-refractivity contribution in [1.82, 2.24) is 0 Å². The van der Waals surface area contributed by atoms with E-state index >= 15 is 0 Å². The molecule has 2 aliphatic carbocycles. The van der Waals surface area contributed by atoms with Crippen LogP contribution in [0.1, 0.15) is 48.6 Å². The van der Waals surface area contributed by atoms with E-state index in [9.17, 15) is 20.0 Å². The summed E-state index contributed by atoms with van der Waals surface area (Å²) in [6, 6.07) is 17.8. The maximum Gasteiger partial charge on any atom is 0.227 e. The van der Waals surface area contributed by atoms with Crippen LogP contribution >= 0.6 is 0 Å². The van der Waals surface area contributed by atoms with Gasteiger partial charge < -0.3 is 9.90 Å². The SMILES string of the molecule is O=C[C@@H]1[C@@H](c2ccccc2)[C@@H]([N+](=O)[O-])[C@@H](c2ccccc2)[C@@H]2CCCC[C@@]12O. The smallest absolute Gasteiger partial charge is 0.227 e. The molecular formula is C23H25NO4. The van der Waals surface area contributed by atoms with Crippen molar-refractivity contribution < 1.29 is 14.8 Å². The fraction of sp³-hybridized carbons (Fsp3) is 0.435. The number of rotatable bonds is 4. The van der Waals surface area contributed by atoms with Crippen LogP contribution in [-0.4, -0.2) is 28.0 Å². The molecule has 0 heterocycles. The molecule has 5 heteroatoms. The highest BCUT2D eigenvalue weighted by Crippen LogP contribution is 2.57. The van der Waals surface area contributed by atoms with Crippen LogP contribution in [0, 0.1) is 22.0 Å². The van der Waals surface area contributed by atoms with Gasteiger partial charge in [0.25, 0.3) is 0 Å². The van der Waals surface area contributed by atoms with Crippen LogP contribution in [-0.2, 0) is 4.79 Å². The average molecular weight is 379 g/mol. The van der Waals surface area contributed by atoms with E-state index in [1.165, 1.54) is 0 Å². The fourth-order valence-electron chi connectivity index (χ4n) is 5.75. The van der Waals surface area contributed by atoms with Gasteiger partial charge >= 0.3 is 0 Å². The number of hydrogen-bond donors (Lipinski definition) is 1. The lowest BCUT2D eigenvalue weighted by atomic mass is 9.51. The number of carbonyl (C=O) groups excluding carboxylic acids is 1. The lowest BCUT2D eigenvalue weighted by molar-refractivity contribution is -0.541. The second-order valence-corrected chi connectivity index (χ2v) is 8.15. The highest BCUT2D eigenvalue weighted by molar-refractivity contribution is 5.60. The van der Waals surface area contributed by atoms with E-state index in [0.29, 0.717) is 12.8 Å². The number of aldehydes is 1. The van der Waals surface area contributed by atoms with Gasteiger partial charge in [-0.15, -0.1) is 0 Å². The lowest BCUT2D eigenvalue weighted by Crippen LogP contribution is -2.61. The summed E-state index contributed by atoms with van der Waals surface area (Å²) in [7, 11) is 0. The van der Waals surface area contributed by atoms with Crippen molar-refractivity contribution in [2.75, 3.05) is 0 Å². The zero-order valence-corrected chi connectivity index (χ0v) is 15.7. The number of aliphatic hydroxyl groups is 1. The predicted octanol–water partition coefficient (Wildman–Crippen LogP) is 3.95. The zero-order chi connectivity index (χ0) is 19.7. The van der Waals surface area contributed by atoms with Crippen LogP contribution in [0.15, 0.2) is 60.7 Å². The van der Waals surface area contributed by atoms with E-state index in [4.69, 9.17) is 0 Å². The molecule has 146 valence electrons. The molecule has 0 spiro atoms. The number of carbonyl (C=O) groups is 1. The first-order valence-corrected chi connectivity index (χ1v) is 9.99. The van der Waals surface area contributed by atoms with E-state index in [1.807, 2.05) is 60.7 Å². The Hall–Kier alpha value is -2.53. The minimum Gasteiger partial charge on any atom is -0.389 e. The number of benzene rings is 2. The van der Waals surface area contributed by atoms with E-state index in [0.717, 1.165) is 30.3 Å². The Morgan fingerprint density at radius 1 is 0.964 bits per heavy atom. The predicted molar refractivity (Wildman–Crippen MR) is 106 cm³/mol. The Balaban J connectivity index is 1.93. The molecule has 0 aliphatic heterocycles. The lowest BCUT2D eigenvalue weighted by Gasteiger charge is -2.54. The molecule has 0 aromatic heterocycles. The summed E-state index contributed by atoms with van der Waals surface area (Å²) in [6.45, 7) is 0. The normalized spacial score (nSPS) is 35.0. The second kappa shape index (κ2) is 7.47. The average Bonchev–Trinajstić information content (AvgIpc) is 2.72. The first-order valence-electron chi connectivity index (χ1n) is 9.99. The Bertz CT molecular complexity index is 840. The molecule has 2 fully saturated rings. The van der Waals surface area contributed by atoms with Crippen LogP contribution < -0.4 is 0 Å². The minimum absolute atomic E-state index is 0.222. The monoisotopic (exact) mass is 379 g/mol.